The number of aromatic nitrogens is 1. The Kier molecular flexibility index (Phi) is 12.3. The monoisotopic (exact) mass is 863 g/mol. The van der Waals surface area contributed by atoms with Gasteiger partial charge in [0.15, 0.2) is 5.78 Å². The number of allylic oxidation sites excluding steroid dienone is 2. The standard InChI is InChI=1S/C30H24NO2.C15H28O2.Ir/c1-18-21-13-14-31-27(20-15-19-9-5-6-10-22(19)25(16-20)30(2,3)4)29(21)33-28(18)24-17-32-26-12-8-7-11-23(24)26;1-7-14(5,8-2)12(16)11-13(17)15(6,9-3)10-4;/h5-14,16-17H,1-4H3;11,16H,7-10H2,1-6H3;/q-1;;/b;12-11-;. The van der Waals surface area contributed by atoms with Crippen LogP contribution in [0, 0.1) is 23.8 Å². The van der Waals surface area contributed by atoms with Gasteiger partial charge in [0.2, 0.25) is 0 Å². The summed E-state index contributed by atoms with van der Waals surface area (Å²) >= 11 is 0. The minimum absolute atomic E-state index is 0. The van der Waals surface area contributed by atoms with Crippen LogP contribution in [0.25, 0.3) is 55.3 Å². The summed E-state index contributed by atoms with van der Waals surface area (Å²) < 4.78 is 12.3. The number of para-hydroxylation sites is 1. The molecule has 0 atom stereocenters. The zero-order valence-electron chi connectivity index (χ0n) is 31.8. The van der Waals surface area contributed by atoms with Crippen LogP contribution in [0.5, 0.6) is 0 Å². The summed E-state index contributed by atoms with van der Waals surface area (Å²) in [7, 11) is 0. The molecular formula is C45H52IrNO4-. The number of fused-ring (bicyclic) bond motifs is 3. The molecule has 271 valence electrons. The van der Waals surface area contributed by atoms with Crippen molar-refractivity contribution in [3.63, 3.8) is 0 Å². The van der Waals surface area contributed by atoms with Gasteiger partial charge in [-0.1, -0.05) is 110 Å². The van der Waals surface area contributed by atoms with Crippen molar-refractivity contribution in [2.45, 2.75) is 100 Å². The molecule has 0 spiro atoms. The molecule has 0 amide bonds. The molecule has 0 aliphatic carbocycles. The zero-order chi connectivity index (χ0) is 36.4. The zero-order valence-corrected chi connectivity index (χ0v) is 34.2. The second kappa shape index (κ2) is 15.7. The van der Waals surface area contributed by atoms with Gasteiger partial charge in [-0.25, -0.2) is 0 Å². The Morgan fingerprint density at radius 2 is 1.45 bits per heavy atom. The number of hydrogen-bond donors (Lipinski definition) is 1. The number of furan rings is 2. The van der Waals surface area contributed by atoms with E-state index in [0.29, 0.717) is 0 Å². The molecule has 3 aromatic heterocycles. The van der Waals surface area contributed by atoms with Gasteiger partial charge in [-0.2, -0.15) is 0 Å². The van der Waals surface area contributed by atoms with Crippen LogP contribution >= 0.6 is 0 Å². The summed E-state index contributed by atoms with van der Waals surface area (Å²) in [4.78, 5) is 16.9. The van der Waals surface area contributed by atoms with Crippen molar-refractivity contribution >= 4 is 38.5 Å². The fourth-order valence-corrected chi connectivity index (χ4v) is 6.41. The van der Waals surface area contributed by atoms with E-state index in [-0.39, 0.29) is 47.9 Å². The molecule has 0 saturated heterocycles. The number of ketones is 1. The summed E-state index contributed by atoms with van der Waals surface area (Å²) in [5.41, 5.74) is 6.08. The number of benzene rings is 3. The average molecular weight is 863 g/mol. The molecule has 1 N–H and O–H groups in total. The number of carbonyl (C=O) groups excluding carboxylic acids is 1. The van der Waals surface area contributed by atoms with Crippen molar-refractivity contribution in [2.75, 3.05) is 0 Å². The molecule has 0 saturated carbocycles. The van der Waals surface area contributed by atoms with E-state index in [1.54, 1.807) is 6.26 Å². The van der Waals surface area contributed by atoms with Crippen LogP contribution in [-0.2, 0) is 30.3 Å². The van der Waals surface area contributed by atoms with Crippen LogP contribution in [0.2, 0.25) is 0 Å². The smallest absolute Gasteiger partial charge is 0.164 e. The Morgan fingerprint density at radius 3 is 2.08 bits per heavy atom. The van der Waals surface area contributed by atoms with Crippen molar-refractivity contribution in [3.8, 4) is 22.6 Å². The number of hydrogen-bond acceptors (Lipinski definition) is 5. The van der Waals surface area contributed by atoms with E-state index in [1.165, 1.54) is 17.0 Å². The molecule has 0 fully saturated rings. The minimum atomic E-state index is -0.337. The normalized spacial score (nSPS) is 12.5. The minimum Gasteiger partial charge on any atom is -0.512 e. The van der Waals surface area contributed by atoms with E-state index >= 15 is 0 Å². The van der Waals surface area contributed by atoms with Gasteiger partial charge in [-0.05, 0) is 50.2 Å². The van der Waals surface area contributed by atoms with Gasteiger partial charge in [0.25, 0.3) is 0 Å². The summed E-state index contributed by atoms with van der Waals surface area (Å²) in [5, 5.41) is 14.5. The molecule has 6 aromatic rings. The Morgan fingerprint density at radius 1 is 0.843 bits per heavy atom. The number of rotatable bonds is 9. The van der Waals surface area contributed by atoms with Crippen molar-refractivity contribution in [2.24, 2.45) is 10.8 Å². The van der Waals surface area contributed by atoms with E-state index in [2.05, 4.69) is 70.2 Å². The SMILES string of the molecule is CCC(C)(CC)C(=O)/C=C(\O)C(C)(CC)CC.Cc1c(-c2coc3ccccc23)oc2c(-c3[c-]c4ccccc4c(C(C)(C)C)c3)nccc12.[Ir]. The summed E-state index contributed by atoms with van der Waals surface area (Å²) in [6, 6.07) is 24.3. The van der Waals surface area contributed by atoms with Gasteiger partial charge in [0.05, 0.1) is 5.56 Å². The Bertz CT molecular complexity index is 2170. The molecule has 0 unspecified atom stereocenters. The number of aliphatic hydroxyl groups excluding tert-OH is 1. The maximum atomic E-state index is 12.2. The molecule has 1 radical (unpaired) electrons. The van der Waals surface area contributed by atoms with Gasteiger partial charge >= 0.3 is 0 Å². The molecule has 6 heteroatoms. The fraction of sp³-hybridized carbons (Fsp3) is 0.378. The van der Waals surface area contributed by atoms with Crippen molar-refractivity contribution < 1.29 is 38.8 Å². The van der Waals surface area contributed by atoms with Crippen LogP contribution in [0.1, 0.15) is 99.1 Å². The Hall–Kier alpha value is -3.99. The third kappa shape index (κ3) is 7.78. The number of carbonyl (C=O) groups is 1. The van der Waals surface area contributed by atoms with Crippen molar-refractivity contribution in [1.82, 2.24) is 4.98 Å². The van der Waals surface area contributed by atoms with Gasteiger partial charge in [0.1, 0.15) is 28.9 Å². The predicted molar refractivity (Wildman–Crippen MR) is 208 cm³/mol. The molecule has 5 nitrogen and oxygen atoms in total. The van der Waals surface area contributed by atoms with Crippen LogP contribution < -0.4 is 0 Å². The van der Waals surface area contributed by atoms with Crippen LogP contribution in [-0.4, -0.2) is 15.9 Å². The maximum absolute atomic E-state index is 12.2. The van der Waals surface area contributed by atoms with Gasteiger partial charge in [0, 0.05) is 65.2 Å². The molecule has 0 bridgehead atoms. The van der Waals surface area contributed by atoms with Crippen LogP contribution in [0.4, 0.5) is 0 Å². The van der Waals surface area contributed by atoms with E-state index in [0.717, 1.165) is 81.2 Å². The number of aryl methyl sites for hydroxylation is 1. The quantitative estimate of drug-likeness (QED) is 0.0890. The van der Waals surface area contributed by atoms with Crippen molar-refractivity contribution in [3.05, 3.63) is 102 Å². The van der Waals surface area contributed by atoms with Gasteiger partial charge < -0.3 is 13.9 Å². The predicted octanol–water partition coefficient (Wildman–Crippen LogP) is 13.1. The summed E-state index contributed by atoms with van der Waals surface area (Å²) in [6.07, 6.45) is 8.39. The maximum Gasteiger partial charge on any atom is 0.164 e. The Balaban J connectivity index is 0.000000279. The molecule has 3 aromatic carbocycles. The fourth-order valence-electron chi connectivity index (χ4n) is 6.41. The van der Waals surface area contributed by atoms with E-state index < -0.39 is 0 Å². The molecule has 3 heterocycles. The third-order valence-corrected chi connectivity index (χ3v) is 11.0. The van der Waals surface area contributed by atoms with Crippen molar-refractivity contribution in [1.29, 1.82) is 0 Å². The first kappa shape index (κ1) is 39.8. The van der Waals surface area contributed by atoms with Gasteiger partial charge in [-0.3, -0.25) is 9.78 Å². The van der Waals surface area contributed by atoms with E-state index in [9.17, 15) is 9.90 Å². The topological polar surface area (TPSA) is 76.5 Å². The van der Waals surface area contributed by atoms with E-state index in [4.69, 9.17) is 13.8 Å². The molecular weight excluding hydrogens is 811 g/mol. The van der Waals surface area contributed by atoms with Gasteiger partial charge in [-0.15, -0.1) is 29.1 Å². The largest absolute Gasteiger partial charge is 0.512 e. The molecule has 0 aliphatic rings. The first-order chi connectivity index (χ1) is 23.7. The molecule has 6 rings (SSSR count). The number of nitrogens with zero attached hydrogens (tertiary/aromatic N) is 1. The second-order valence-corrected chi connectivity index (χ2v) is 15.1. The van der Waals surface area contributed by atoms with E-state index in [1.807, 2.05) is 72.0 Å². The Labute approximate surface area is 316 Å². The van der Waals surface area contributed by atoms with Crippen LogP contribution in [0.15, 0.2) is 93.8 Å². The molecule has 0 aliphatic heterocycles. The number of aliphatic hydroxyl groups is 1. The summed E-state index contributed by atoms with van der Waals surface area (Å²) in [6.45, 7) is 20.9. The second-order valence-electron chi connectivity index (χ2n) is 15.1. The number of pyridine rings is 1. The van der Waals surface area contributed by atoms with Crippen LogP contribution in [0.3, 0.4) is 0 Å². The third-order valence-electron chi connectivity index (χ3n) is 11.0. The average Bonchev–Trinajstić information content (AvgIpc) is 3.70. The first-order valence-corrected chi connectivity index (χ1v) is 18.0. The first-order valence-electron chi connectivity index (χ1n) is 18.0. The summed E-state index contributed by atoms with van der Waals surface area (Å²) in [5.74, 6) is 1.11. The molecule has 51 heavy (non-hydrogen) atoms.